The van der Waals surface area contributed by atoms with Crippen molar-refractivity contribution < 1.29 is 14.6 Å². The third-order valence-electron chi connectivity index (χ3n) is 6.09. The second-order valence-corrected chi connectivity index (χ2v) is 8.84. The summed E-state index contributed by atoms with van der Waals surface area (Å²) in [5, 5.41) is 9.60. The Morgan fingerprint density at radius 1 is 1.00 bits per heavy atom. The zero-order valence-corrected chi connectivity index (χ0v) is 14.9. The van der Waals surface area contributed by atoms with Gasteiger partial charge in [-0.05, 0) is 77.8 Å². The van der Waals surface area contributed by atoms with E-state index in [4.69, 9.17) is 4.74 Å². The standard InChI is InChI=1S/C18H32N2O3/c1-16(2,3)23-15(22)19-10-6-17(7-11-19)8-12-20(13-9-17)18(14-21)4-5-18/h21H,4-14H2,1-3H3. The van der Waals surface area contributed by atoms with Gasteiger partial charge in [0.2, 0.25) is 0 Å². The Labute approximate surface area is 140 Å². The summed E-state index contributed by atoms with van der Waals surface area (Å²) < 4.78 is 5.49. The number of likely N-dealkylation sites (tertiary alicyclic amines) is 2. The Balaban J connectivity index is 1.49. The fourth-order valence-corrected chi connectivity index (χ4v) is 4.16. The molecule has 1 amide bonds. The van der Waals surface area contributed by atoms with Gasteiger partial charge >= 0.3 is 6.09 Å². The van der Waals surface area contributed by atoms with Crippen molar-refractivity contribution in [3.8, 4) is 0 Å². The predicted octanol–water partition coefficient (Wildman–Crippen LogP) is 2.62. The lowest BCUT2D eigenvalue weighted by atomic mass is 9.71. The summed E-state index contributed by atoms with van der Waals surface area (Å²) in [5.41, 5.74) is 0.111. The summed E-state index contributed by atoms with van der Waals surface area (Å²) in [6.07, 6.45) is 6.74. The van der Waals surface area contributed by atoms with Gasteiger partial charge in [-0.1, -0.05) is 0 Å². The SMILES string of the molecule is CC(C)(C)OC(=O)N1CCC2(CC1)CCN(C1(CO)CC1)CC2. The number of hydrogen-bond donors (Lipinski definition) is 1. The molecule has 1 N–H and O–H groups in total. The van der Waals surface area contributed by atoms with Crippen molar-refractivity contribution in [3.63, 3.8) is 0 Å². The molecule has 2 aliphatic heterocycles. The van der Waals surface area contributed by atoms with E-state index >= 15 is 0 Å². The van der Waals surface area contributed by atoms with Crippen LogP contribution in [0.2, 0.25) is 0 Å². The van der Waals surface area contributed by atoms with Crippen LogP contribution in [0.15, 0.2) is 0 Å². The molecular weight excluding hydrogens is 292 g/mol. The molecular formula is C18H32N2O3. The first kappa shape index (κ1) is 17.0. The van der Waals surface area contributed by atoms with Crippen molar-refractivity contribution in [2.45, 2.75) is 70.4 Å². The van der Waals surface area contributed by atoms with E-state index in [9.17, 15) is 9.90 Å². The van der Waals surface area contributed by atoms with Gasteiger partial charge in [-0.3, -0.25) is 4.90 Å². The quantitative estimate of drug-likeness (QED) is 0.848. The minimum atomic E-state index is -0.416. The molecule has 0 bridgehead atoms. The summed E-state index contributed by atoms with van der Waals surface area (Å²) in [5.74, 6) is 0. The molecule has 3 rings (SSSR count). The van der Waals surface area contributed by atoms with E-state index in [1.807, 2.05) is 25.7 Å². The van der Waals surface area contributed by atoms with Crippen LogP contribution < -0.4 is 0 Å². The van der Waals surface area contributed by atoms with Crippen LogP contribution in [-0.4, -0.2) is 64.9 Å². The number of rotatable bonds is 2. The Kier molecular flexibility index (Phi) is 4.38. The van der Waals surface area contributed by atoms with Crippen molar-refractivity contribution in [2.24, 2.45) is 5.41 Å². The number of ether oxygens (including phenoxy) is 1. The Bertz CT molecular complexity index is 436. The van der Waals surface area contributed by atoms with Gasteiger partial charge in [-0.25, -0.2) is 4.79 Å². The molecule has 0 aromatic carbocycles. The average molecular weight is 324 g/mol. The normalized spacial score (nSPS) is 27.0. The van der Waals surface area contributed by atoms with E-state index in [1.54, 1.807) is 0 Å². The van der Waals surface area contributed by atoms with E-state index in [0.717, 1.165) is 51.9 Å². The highest BCUT2D eigenvalue weighted by molar-refractivity contribution is 5.68. The molecule has 23 heavy (non-hydrogen) atoms. The minimum Gasteiger partial charge on any atom is -0.444 e. The molecule has 0 radical (unpaired) electrons. The maximum Gasteiger partial charge on any atom is 0.410 e. The summed E-state index contributed by atoms with van der Waals surface area (Å²) in [4.78, 5) is 16.6. The van der Waals surface area contributed by atoms with Crippen LogP contribution in [0.5, 0.6) is 0 Å². The first-order chi connectivity index (χ1) is 10.8. The maximum absolute atomic E-state index is 12.2. The summed E-state index contributed by atoms with van der Waals surface area (Å²) >= 11 is 0. The van der Waals surface area contributed by atoms with Crippen molar-refractivity contribution in [1.82, 2.24) is 9.80 Å². The fraction of sp³-hybridized carbons (Fsp3) is 0.944. The third kappa shape index (κ3) is 3.66. The number of amides is 1. The number of piperidine rings is 2. The first-order valence-electron chi connectivity index (χ1n) is 9.12. The monoisotopic (exact) mass is 324 g/mol. The van der Waals surface area contributed by atoms with E-state index in [-0.39, 0.29) is 11.6 Å². The van der Waals surface area contributed by atoms with E-state index in [1.165, 1.54) is 12.8 Å². The van der Waals surface area contributed by atoms with Crippen LogP contribution in [-0.2, 0) is 4.74 Å². The van der Waals surface area contributed by atoms with Gasteiger partial charge in [0.05, 0.1) is 6.61 Å². The predicted molar refractivity (Wildman–Crippen MR) is 89.3 cm³/mol. The molecule has 2 heterocycles. The molecule has 5 heteroatoms. The first-order valence-corrected chi connectivity index (χ1v) is 9.12. The van der Waals surface area contributed by atoms with E-state index in [2.05, 4.69) is 4.90 Å². The zero-order valence-electron chi connectivity index (χ0n) is 14.9. The lowest BCUT2D eigenvalue weighted by Crippen LogP contribution is -2.52. The minimum absolute atomic E-state index is 0.124. The zero-order chi connectivity index (χ0) is 16.7. The van der Waals surface area contributed by atoms with Crippen molar-refractivity contribution >= 4 is 6.09 Å². The largest absolute Gasteiger partial charge is 0.444 e. The number of aliphatic hydroxyl groups excluding tert-OH is 1. The third-order valence-corrected chi connectivity index (χ3v) is 6.09. The molecule has 3 fully saturated rings. The van der Waals surface area contributed by atoms with Crippen LogP contribution in [0.3, 0.4) is 0 Å². The maximum atomic E-state index is 12.2. The molecule has 1 aliphatic carbocycles. The second-order valence-electron chi connectivity index (χ2n) is 8.84. The van der Waals surface area contributed by atoms with E-state index < -0.39 is 5.60 Å². The number of nitrogens with zero attached hydrogens (tertiary/aromatic N) is 2. The van der Waals surface area contributed by atoms with Crippen LogP contribution in [0.25, 0.3) is 0 Å². The van der Waals surface area contributed by atoms with E-state index in [0.29, 0.717) is 12.0 Å². The lowest BCUT2D eigenvalue weighted by molar-refractivity contribution is -0.0142. The van der Waals surface area contributed by atoms with Gasteiger partial charge in [0.15, 0.2) is 0 Å². The van der Waals surface area contributed by atoms with Crippen LogP contribution in [0, 0.1) is 5.41 Å². The summed E-state index contributed by atoms with van der Waals surface area (Å²) in [6, 6.07) is 0. The average Bonchev–Trinajstić information content (AvgIpc) is 3.28. The fourth-order valence-electron chi connectivity index (χ4n) is 4.16. The van der Waals surface area contributed by atoms with Gasteiger partial charge in [0.25, 0.3) is 0 Å². The summed E-state index contributed by atoms with van der Waals surface area (Å²) in [6.45, 7) is 9.91. The van der Waals surface area contributed by atoms with Crippen molar-refractivity contribution in [3.05, 3.63) is 0 Å². The number of carbonyl (C=O) groups excluding carboxylic acids is 1. The molecule has 5 nitrogen and oxygen atoms in total. The molecule has 1 saturated carbocycles. The second kappa shape index (κ2) is 5.92. The molecule has 2 saturated heterocycles. The topological polar surface area (TPSA) is 53.0 Å². The number of hydrogen-bond acceptors (Lipinski definition) is 4. The van der Waals surface area contributed by atoms with Crippen molar-refractivity contribution in [2.75, 3.05) is 32.8 Å². The molecule has 0 aromatic rings. The van der Waals surface area contributed by atoms with Crippen LogP contribution >= 0.6 is 0 Å². The molecule has 1 spiro atoms. The summed E-state index contributed by atoms with van der Waals surface area (Å²) in [7, 11) is 0. The van der Waals surface area contributed by atoms with Crippen LogP contribution in [0.4, 0.5) is 4.79 Å². The Hall–Kier alpha value is -0.810. The lowest BCUT2D eigenvalue weighted by Gasteiger charge is -2.48. The highest BCUT2D eigenvalue weighted by Crippen LogP contribution is 2.48. The Morgan fingerprint density at radius 3 is 1.96 bits per heavy atom. The molecule has 3 aliphatic rings. The van der Waals surface area contributed by atoms with Crippen LogP contribution in [0.1, 0.15) is 59.3 Å². The smallest absolute Gasteiger partial charge is 0.410 e. The molecule has 0 aromatic heterocycles. The number of aliphatic hydroxyl groups is 1. The highest BCUT2D eigenvalue weighted by atomic mass is 16.6. The van der Waals surface area contributed by atoms with Gasteiger partial charge in [-0.15, -0.1) is 0 Å². The van der Waals surface area contributed by atoms with Gasteiger partial charge in [0, 0.05) is 18.6 Å². The highest BCUT2D eigenvalue weighted by Gasteiger charge is 2.50. The molecule has 0 unspecified atom stereocenters. The van der Waals surface area contributed by atoms with Gasteiger partial charge < -0.3 is 14.7 Å². The van der Waals surface area contributed by atoms with Gasteiger partial charge in [0.1, 0.15) is 5.60 Å². The van der Waals surface area contributed by atoms with Crippen molar-refractivity contribution in [1.29, 1.82) is 0 Å². The Morgan fingerprint density at radius 2 is 1.52 bits per heavy atom. The molecule has 0 atom stereocenters. The molecule has 132 valence electrons. The number of carbonyl (C=O) groups is 1. The van der Waals surface area contributed by atoms with Gasteiger partial charge in [-0.2, -0.15) is 0 Å².